The van der Waals surface area contributed by atoms with E-state index in [0.717, 1.165) is 19.3 Å². The van der Waals surface area contributed by atoms with Crippen LogP contribution in [0.15, 0.2) is 29.2 Å². The monoisotopic (exact) mass is 409 g/mol. The Morgan fingerprint density at radius 1 is 1.07 bits per heavy atom. The predicted octanol–water partition coefficient (Wildman–Crippen LogP) is 2.74. The quantitative estimate of drug-likeness (QED) is 0.755. The van der Waals surface area contributed by atoms with Gasteiger partial charge in [-0.3, -0.25) is 9.59 Å². The van der Waals surface area contributed by atoms with E-state index in [1.54, 1.807) is 16.4 Å². The van der Waals surface area contributed by atoms with Crippen LogP contribution in [0, 0.1) is 5.92 Å². The molecule has 8 heteroatoms. The number of rotatable bonds is 6. The number of piperidine rings is 1. The summed E-state index contributed by atoms with van der Waals surface area (Å²) in [6.07, 6.45) is 2.75. The molecular weight excluding hydrogens is 378 g/mol. The minimum Gasteiger partial charge on any atom is -0.344 e. The summed E-state index contributed by atoms with van der Waals surface area (Å²) in [7, 11) is -3.59. The summed E-state index contributed by atoms with van der Waals surface area (Å²) >= 11 is 0. The molecule has 1 aromatic rings. The Morgan fingerprint density at radius 3 is 2.07 bits per heavy atom. The smallest absolute Gasteiger partial charge is 0.247 e. The molecule has 156 valence electrons. The molecule has 1 saturated heterocycles. The molecule has 7 nitrogen and oxygen atoms in total. The van der Waals surface area contributed by atoms with Gasteiger partial charge in [0.15, 0.2) is 0 Å². The van der Waals surface area contributed by atoms with Crippen molar-refractivity contribution in [2.24, 2.45) is 5.92 Å². The number of nitrogens with one attached hydrogen (secondary N) is 2. The lowest BCUT2D eigenvalue weighted by molar-refractivity contribution is -0.126. The number of nitrogens with zero attached hydrogens (tertiary/aromatic N) is 1. The van der Waals surface area contributed by atoms with Crippen LogP contribution in [0.25, 0.3) is 0 Å². The largest absolute Gasteiger partial charge is 0.344 e. The summed E-state index contributed by atoms with van der Waals surface area (Å²) < 4.78 is 27.7. The number of hydrogen-bond donors (Lipinski definition) is 2. The maximum atomic E-state index is 13.1. The molecule has 2 rings (SSSR count). The van der Waals surface area contributed by atoms with E-state index in [1.165, 1.54) is 19.1 Å². The molecule has 1 aliphatic rings. The van der Waals surface area contributed by atoms with Crippen molar-refractivity contribution in [3.05, 3.63) is 24.3 Å². The first-order valence-electron chi connectivity index (χ1n) is 9.75. The average Bonchev–Trinajstić information content (AvgIpc) is 2.59. The molecule has 2 N–H and O–H groups in total. The number of anilines is 1. The lowest BCUT2D eigenvalue weighted by atomic mass is 10.0. The van der Waals surface area contributed by atoms with Crippen LogP contribution in [0.1, 0.15) is 53.9 Å². The van der Waals surface area contributed by atoms with Crippen molar-refractivity contribution < 1.29 is 18.0 Å². The highest BCUT2D eigenvalue weighted by atomic mass is 32.2. The summed E-state index contributed by atoms with van der Waals surface area (Å²) in [5.74, 6) is -0.690. The van der Waals surface area contributed by atoms with Crippen molar-refractivity contribution in [2.45, 2.75) is 76.9 Å². The Kier molecular flexibility index (Phi) is 7.22. The molecule has 0 unspecified atom stereocenters. The van der Waals surface area contributed by atoms with Crippen molar-refractivity contribution >= 4 is 27.5 Å². The van der Waals surface area contributed by atoms with Gasteiger partial charge in [-0.2, -0.15) is 4.31 Å². The first-order chi connectivity index (χ1) is 13.0. The third-order valence-electron chi connectivity index (χ3n) is 5.12. The van der Waals surface area contributed by atoms with Crippen LogP contribution >= 0.6 is 0 Å². The molecule has 2 amide bonds. The molecule has 1 aliphatic heterocycles. The molecule has 1 heterocycles. The molecule has 1 fully saturated rings. The topological polar surface area (TPSA) is 95.6 Å². The zero-order valence-electron chi connectivity index (χ0n) is 17.2. The Bertz CT molecular complexity index is 795. The van der Waals surface area contributed by atoms with Gasteiger partial charge in [0.25, 0.3) is 0 Å². The molecule has 0 aromatic heterocycles. The van der Waals surface area contributed by atoms with Gasteiger partial charge in [0.2, 0.25) is 21.8 Å². The number of carbonyl (C=O) groups is 2. The van der Waals surface area contributed by atoms with Crippen LogP contribution in [0.2, 0.25) is 0 Å². The van der Waals surface area contributed by atoms with Crippen LogP contribution in [-0.2, 0) is 19.6 Å². The predicted molar refractivity (Wildman–Crippen MR) is 109 cm³/mol. The van der Waals surface area contributed by atoms with Crippen LogP contribution in [-0.4, -0.2) is 42.7 Å². The van der Waals surface area contributed by atoms with Gasteiger partial charge in [-0.1, -0.05) is 20.3 Å². The van der Waals surface area contributed by atoms with Gasteiger partial charge in [0.1, 0.15) is 6.04 Å². The molecule has 28 heavy (non-hydrogen) atoms. The van der Waals surface area contributed by atoms with E-state index in [0.29, 0.717) is 5.69 Å². The Morgan fingerprint density at radius 2 is 1.61 bits per heavy atom. The standard InChI is InChI=1S/C20H31N3O4S/c1-13(2)19(21-16(5)24)20(25)22-17-9-11-18(12-10-17)28(26,27)23-14(3)7-6-8-15(23)4/h9-15,19H,6-8H2,1-5H3,(H,21,24)(H,22,25)/t14-,15+,19-/m0/s1. The van der Waals surface area contributed by atoms with E-state index < -0.39 is 16.1 Å². The van der Waals surface area contributed by atoms with Gasteiger partial charge in [0, 0.05) is 24.7 Å². The van der Waals surface area contributed by atoms with Crippen LogP contribution in [0.4, 0.5) is 5.69 Å². The summed E-state index contributed by atoms with van der Waals surface area (Å²) in [5, 5.41) is 5.38. The van der Waals surface area contributed by atoms with Gasteiger partial charge in [-0.15, -0.1) is 0 Å². The van der Waals surface area contributed by atoms with Gasteiger partial charge in [0.05, 0.1) is 4.90 Å². The molecule has 0 aliphatic carbocycles. The number of sulfonamides is 1. The summed E-state index contributed by atoms with van der Waals surface area (Å²) in [5.41, 5.74) is 0.486. The fourth-order valence-corrected chi connectivity index (χ4v) is 5.56. The zero-order chi connectivity index (χ0) is 21.1. The minimum absolute atomic E-state index is 0.0300. The lowest BCUT2D eigenvalue weighted by Gasteiger charge is -2.37. The van der Waals surface area contributed by atoms with E-state index in [1.807, 2.05) is 27.7 Å². The molecule has 3 atom stereocenters. The highest BCUT2D eigenvalue weighted by molar-refractivity contribution is 7.89. The molecular formula is C20H31N3O4S. The number of benzene rings is 1. The summed E-state index contributed by atoms with van der Waals surface area (Å²) in [4.78, 5) is 24.0. The van der Waals surface area contributed by atoms with Crippen molar-refractivity contribution in [3.8, 4) is 0 Å². The zero-order valence-corrected chi connectivity index (χ0v) is 18.0. The first kappa shape index (κ1) is 22.4. The van der Waals surface area contributed by atoms with E-state index in [2.05, 4.69) is 10.6 Å². The highest BCUT2D eigenvalue weighted by Gasteiger charge is 2.35. The van der Waals surface area contributed by atoms with Crippen LogP contribution < -0.4 is 10.6 Å². The van der Waals surface area contributed by atoms with E-state index >= 15 is 0 Å². The summed E-state index contributed by atoms with van der Waals surface area (Å²) in [6, 6.07) is 5.47. The van der Waals surface area contributed by atoms with Gasteiger partial charge in [-0.25, -0.2) is 8.42 Å². The van der Waals surface area contributed by atoms with Crippen molar-refractivity contribution in [3.63, 3.8) is 0 Å². The number of amides is 2. The molecule has 1 aromatic carbocycles. The molecule has 0 saturated carbocycles. The molecule has 0 bridgehead atoms. The number of hydrogen-bond acceptors (Lipinski definition) is 4. The van der Waals surface area contributed by atoms with Gasteiger partial charge in [-0.05, 0) is 56.9 Å². The highest BCUT2D eigenvalue weighted by Crippen LogP contribution is 2.30. The fourth-order valence-electron chi connectivity index (χ4n) is 3.68. The fraction of sp³-hybridized carbons (Fsp3) is 0.600. The normalized spacial score (nSPS) is 21.9. The minimum atomic E-state index is -3.59. The Labute approximate surface area is 167 Å². The van der Waals surface area contributed by atoms with Crippen molar-refractivity contribution in [1.82, 2.24) is 9.62 Å². The molecule has 0 radical (unpaired) electrons. The molecule has 0 spiro atoms. The maximum Gasteiger partial charge on any atom is 0.247 e. The number of carbonyl (C=O) groups excluding carboxylic acids is 2. The van der Waals surface area contributed by atoms with E-state index in [-0.39, 0.29) is 34.7 Å². The van der Waals surface area contributed by atoms with E-state index in [4.69, 9.17) is 0 Å². The van der Waals surface area contributed by atoms with Crippen molar-refractivity contribution in [1.29, 1.82) is 0 Å². The van der Waals surface area contributed by atoms with Crippen LogP contribution in [0.3, 0.4) is 0 Å². The summed E-state index contributed by atoms with van der Waals surface area (Å²) in [6.45, 7) is 8.93. The Balaban J connectivity index is 2.16. The maximum absolute atomic E-state index is 13.1. The SMILES string of the molecule is CC(=O)N[C@H](C(=O)Nc1ccc(S(=O)(=O)N2[C@H](C)CCC[C@@H]2C)cc1)C(C)C. The van der Waals surface area contributed by atoms with Crippen LogP contribution in [0.5, 0.6) is 0 Å². The third kappa shape index (κ3) is 5.11. The van der Waals surface area contributed by atoms with E-state index in [9.17, 15) is 18.0 Å². The lowest BCUT2D eigenvalue weighted by Crippen LogP contribution is -2.47. The second-order valence-corrected chi connectivity index (χ2v) is 9.74. The van der Waals surface area contributed by atoms with Gasteiger partial charge < -0.3 is 10.6 Å². The average molecular weight is 410 g/mol. The second-order valence-electron chi connectivity index (χ2n) is 7.90. The van der Waals surface area contributed by atoms with Crippen molar-refractivity contribution in [2.75, 3.05) is 5.32 Å². The van der Waals surface area contributed by atoms with Gasteiger partial charge >= 0.3 is 0 Å². The second kappa shape index (κ2) is 9.05. The first-order valence-corrected chi connectivity index (χ1v) is 11.2. The Hall–Kier alpha value is -1.93. The third-order valence-corrected chi connectivity index (χ3v) is 7.26.